The minimum Gasteiger partial charge on any atom is -0.421 e. The molecule has 1 N–H and O–H groups in total. The van der Waals surface area contributed by atoms with E-state index in [0.717, 1.165) is 48.7 Å². The first-order valence-corrected chi connectivity index (χ1v) is 10.6. The maximum Gasteiger partial charge on any atom is 0.417 e. The lowest BCUT2D eigenvalue weighted by atomic mass is 10.1. The molecule has 1 heterocycles. The van der Waals surface area contributed by atoms with Gasteiger partial charge in [-0.25, -0.2) is 9.78 Å². The fourth-order valence-electron chi connectivity index (χ4n) is 2.74. The second-order valence-corrected chi connectivity index (χ2v) is 8.43. The summed E-state index contributed by atoms with van der Waals surface area (Å²) in [7, 11) is 0. The Morgan fingerprint density at radius 3 is 1.82 bits per heavy atom. The van der Waals surface area contributed by atoms with Crippen molar-refractivity contribution >= 4 is 49.6 Å². The number of amides is 1. The maximum absolute atomic E-state index is 13.2. The lowest BCUT2D eigenvalue weighted by molar-refractivity contribution is -0.138. The number of ether oxygens (including phenoxy) is 1. The van der Waals surface area contributed by atoms with E-state index in [1.807, 2.05) is 0 Å². The largest absolute Gasteiger partial charge is 0.421 e. The van der Waals surface area contributed by atoms with Crippen molar-refractivity contribution in [3.05, 3.63) is 85.9 Å². The van der Waals surface area contributed by atoms with E-state index in [9.17, 15) is 35.9 Å². The van der Waals surface area contributed by atoms with Gasteiger partial charge in [0.1, 0.15) is 11.6 Å². The Bertz CT molecular complexity index is 1150. The molecule has 0 radical (unpaired) electrons. The predicted octanol–water partition coefficient (Wildman–Crippen LogP) is 7.12. The number of carbonyl (C=O) groups is 2. The quantitative estimate of drug-likeness (QED) is 0.252. The second-order valence-electron chi connectivity index (χ2n) is 6.60. The molecule has 0 saturated carbocycles. The summed E-state index contributed by atoms with van der Waals surface area (Å²) in [5.74, 6) is -2.85. The predicted molar refractivity (Wildman–Crippen MR) is 115 cm³/mol. The highest BCUT2D eigenvalue weighted by atomic mass is 79.9. The van der Waals surface area contributed by atoms with E-state index in [1.165, 1.54) is 0 Å². The fourth-order valence-corrected chi connectivity index (χ4v) is 3.47. The van der Waals surface area contributed by atoms with Crippen molar-refractivity contribution in [2.75, 3.05) is 5.32 Å². The molecule has 0 atom stereocenters. The van der Waals surface area contributed by atoms with Gasteiger partial charge in [0.15, 0.2) is 0 Å². The van der Waals surface area contributed by atoms with E-state index < -0.39 is 46.5 Å². The summed E-state index contributed by atoms with van der Waals surface area (Å²) in [5, 5.41) is 2.18. The number of pyridine rings is 1. The van der Waals surface area contributed by atoms with Crippen LogP contribution in [0.3, 0.4) is 0 Å². The Morgan fingerprint density at radius 2 is 1.32 bits per heavy atom. The Morgan fingerprint density at radius 1 is 0.794 bits per heavy atom. The first-order chi connectivity index (χ1) is 15.8. The van der Waals surface area contributed by atoms with Gasteiger partial charge in [-0.15, -0.1) is 0 Å². The molecule has 0 aliphatic carbocycles. The van der Waals surface area contributed by atoms with E-state index in [-0.39, 0.29) is 20.5 Å². The zero-order valence-electron chi connectivity index (χ0n) is 16.4. The summed E-state index contributed by atoms with van der Waals surface area (Å²) in [6.07, 6.45) is -8.66. The van der Waals surface area contributed by atoms with Crippen LogP contribution >= 0.6 is 31.9 Å². The third-order valence-corrected chi connectivity index (χ3v) is 5.21. The highest BCUT2D eigenvalue weighted by Crippen LogP contribution is 2.35. The van der Waals surface area contributed by atoms with Crippen LogP contribution in [0.15, 0.2) is 63.7 Å². The van der Waals surface area contributed by atoms with E-state index in [4.69, 9.17) is 4.74 Å². The maximum atomic E-state index is 13.2. The standard InChI is InChI=1S/C21H10Br2F6N2O3/c22-10-1-4-15(20(24,25)26)13(7-10)18(32)31-17-6-3-12(9-30-17)34-19(33)14-8-11(23)2-5-16(14)21(27,28)29/h1-9H,(H,30,31,32). The number of carbonyl (C=O) groups excluding carboxylic acids is 2. The van der Waals surface area contributed by atoms with Gasteiger partial charge in [-0.3, -0.25) is 4.79 Å². The van der Waals surface area contributed by atoms with E-state index in [0.29, 0.717) is 6.07 Å². The number of halogens is 8. The molecule has 3 rings (SSSR count). The number of anilines is 1. The number of nitrogens with one attached hydrogen (secondary N) is 1. The summed E-state index contributed by atoms with van der Waals surface area (Å²) >= 11 is 5.99. The van der Waals surface area contributed by atoms with Crippen molar-refractivity contribution in [1.82, 2.24) is 4.98 Å². The monoisotopic (exact) mass is 610 g/mol. The molecule has 1 amide bonds. The molecule has 0 unspecified atom stereocenters. The first-order valence-electron chi connectivity index (χ1n) is 8.99. The molecule has 0 bridgehead atoms. The van der Waals surface area contributed by atoms with Gasteiger partial charge >= 0.3 is 18.3 Å². The average molecular weight is 612 g/mol. The Kier molecular flexibility index (Phi) is 7.36. The van der Waals surface area contributed by atoms with Crippen molar-refractivity contribution in [3.63, 3.8) is 0 Å². The number of benzene rings is 2. The normalized spacial score (nSPS) is 11.8. The van der Waals surface area contributed by atoms with Gasteiger partial charge in [0.05, 0.1) is 28.5 Å². The van der Waals surface area contributed by atoms with Gasteiger partial charge < -0.3 is 10.1 Å². The number of hydrogen-bond donors (Lipinski definition) is 1. The van der Waals surface area contributed by atoms with Gasteiger partial charge in [-0.1, -0.05) is 31.9 Å². The Hall–Kier alpha value is -2.93. The van der Waals surface area contributed by atoms with Crippen molar-refractivity contribution < 1.29 is 40.7 Å². The molecule has 0 spiro atoms. The molecule has 2 aromatic carbocycles. The lowest BCUT2D eigenvalue weighted by Crippen LogP contribution is -2.19. The highest BCUT2D eigenvalue weighted by molar-refractivity contribution is 9.10. The smallest absolute Gasteiger partial charge is 0.417 e. The second kappa shape index (κ2) is 9.74. The molecule has 0 saturated heterocycles. The molecule has 3 aromatic rings. The van der Waals surface area contributed by atoms with Crippen LogP contribution in [0.2, 0.25) is 0 Å². The van der Waals surface area contributed by atoms with Gasteiger partial charge in [-0.05, 0) is 48.5 Å². The van der Waals surface area contributed by atoms with E-state index >= 15 is 0 Å². The Balaban J connectivity index is 1.78. The SMILES string of the molecule is O=C(Nc1ccc(OC(=O)c2cc(Br)ccc2C(F)(F)F)cn1)c1cc(Br)ccc1C(F)(F)F. The number of alkyl halides is 6. The highest BCUT2D eigenvalue weighted by Gasteiger charge is 2.36. The summed E-state index contributed by atoms with van der Waals surface area (Å²) in [4.78, 5) is 28.4. The van der Waals surface area contributed by atoms with Crippen molar-refractivity contribution in [3.8, 4) is 5.75 Å². The molecule has 5 nitrogen and oxygen atoms in total. The van der Waals surface area contributed by atoms with Gasteiger partial charge in [0.2, 0.25) is 0 Å². The molecule has 178 valence electrons. The number of hydrogen-bond acceptors (Lipinski definition) is 4. The van der Waals surface area contributed by atoms with E-state index in [2.05, 4.69) is 42.2 Å². The summed E-state index contributed by atoms with van der Waals surface area (Å²) in [6.45, 7) is 0. The van der Waals surface area contributed by atoms with Crippen LogP contribution in [-0.2, 0) is 12.4 Å². The minimum absolute atomic E-state index is 0.184. The third-order valence-electron chi connectivity index (χ3n) is 4.23. The molecular formula is C21H10Br2F6N2O3. The number of nitrogens with zero attached hydrogens (tertiary/aromatic N) is 1. The minimum atomic E-state index is -4.80. The molecule has 0 aliphatic rings. The lowest BCUT2D eigenvalue weighted by Gasteiger charge is -2.14. The zero-order chi connectivity index (χ0) is 25.3. The fraction of sp³-hybridized carbons (Fsp3) is 0.0952. The van der Waals surface area contributed by atoms with Crippen LogP contribution in [0.5, 0.6) is 5.75 Å². The topological polar surface area (TPSA) is 68.3 Å². The molecule has 0 fully saturated rings. The van der Waals surface area contributed by atoms with Crippen LogP contribution in [0, 0.1) is 0 Å². The molecule has 1 aromatic heterocycles. The summed E-state index contributed by atoms with van der Waals surface area (Å²) < 4.78 is 84.5. The van der Waals surface area contributed by atoms with Crippen LogP contribution in [0.1, 0.15) is 31.8 Å². The molecule has 0 aliphatic heterocycles. The molecule has 13 heteroatoms. The zero-order valence-corrected chi connectivity index (χ0v) is 19.6. The number of aromatic nitrogens is 1. The van der Waals surface area contributed by atoms with Gasteiger partial charge in [0.25, 0.3) is 5.91 Å². The number of rotatable bonds is 4. The van der Waals surface area contributed by atoms with E-state index in [1.54, 1.807) is 0 Å². The molecular weight excluding hydrogens is 602 g/mol. The van der Waals surface area contributed by atoms with Gasteiger partial charge in [-0.2, -0.15) is 26.3 Å². The van der Waals surface area contributed by atoms with Crippen molar-refractivity contribution in [2.24, 2.45) is 0 Å². The first kappa shape index (κ1) is 25.7. The van der Waals surface area contributed by atoms with Crippen LogP contribution in [0.25, 0.3) is 0 Å². The summed E-state index contributed by atoms with van der Waals surface area (Å²) in [5.41, 5.74) is -3.76. The van der Waals surface area contributed by atoms with Gasteiger partial charge in [0, 0.05) is 8.95 Å². The van der Waals surface area contributed by atoms with Crippen LogP contribution in [-0.4, -0.2) is 16.9 Å². The van der Waals surface area contributed by atoms with Crippen molar-refractivity contribution in [1.29, 1.82) is 0 Å². The summed E-state index contributed by atoms with van der Waals surface area (Å²) in [6, 6.07) is 7.87. The number of esters is 1. The Labute approximate surface area is 204 Å². The van der Waals surface area contributed by atoms with Crippen LogP contribution in [0.4, 0.5) is 32.2 Å². The average Bonchev–Trinajstić information content (AvgIpc) is 2.73. The molecule has 34 heavy (non-hydrogen) atoms. The third kappa shape index (κ3) is 6.14. The van der Waals surface area contributed by atoms with Crippen molar-refractivity contribution in [2.45, 2.75) is 12.4 Å². The van der Waals surface area contributed by atoms with Crippen LogP contribution < -0.4 is 10.1 Å².